The Balaban J connectivity index is 1.57. The predicted octanol–water partition coefficient (Wildman–Crippen LogP) is 1.41. The number of hydrogen-bond donors (Lipinski definition) is 1. The van der Waals surface area contributed by atoms with Gasteiger partial charge >= 0.3 is 0 Å². The molecule has 2 aliphatic heterocycles. The molecular weight excluding hydrogens is 206 g/mol. The summed E-state index contributed by atoms with van der Waals surface area (Å²) < 4.78 is 0. The normalized spacial score (nSPS) is 24.2. The smallest absolute Gasteiger partial charge is 0.156 e. The lowest BCUT2D eigenvalue weighted by Gasteiger charge is -2.28. The number of thioether (sulfide) groups is 1. The van der Waals surface area contributed by atoms with Crippen molar-refractivity contribution < 1.29 is 0 Å². The summed E-state index contributed by atoms with van der Waals surface area (Å²) in [6, 6.07) is 0. The fourth-order valence-electron chi connectivity index (χ4n) is 2.18. The quantitative estimate of drug-likeness (QED) is 0.790. The number of aliphatic imine (C=N–C) groups is 1. The minimum atomic E-state index is 0.931. The van der Waals surface area contributed by atoms with Crippen molar-refractivity contribution in [3.63, 3.8) is 0 Å². The van der Waals surface area contributed by atoms with Gasteiger partial charge in [0.2, 0.25) is 0 Å². The number of rotatable bonds is 3. The molecular formula is C11H21N3S. The monoisotopic (exact) mass is 227 g/mol. The van der Waals surface area contributed by atoms with Crippen molar-refractivity contribution in [3.05, 3.63) is 0 Å². The van der Waals surface area contributed by atoms with Gasteiger partial charge < -0.3 is 10.2 Å². The first-order valence-electron chi connectivity index (χ1n) is 5.94. The van der Waals surface area contributed by atoms with E-state index in [0.717, 1.165) is 24.8 Å². The van der Waals surface area contributed by atoms with Crippen LogP contribution in [-0.4, -0.2) is 49.0 Å². The third-order valence-electron chi connectivity index (χ3n) is 3.25. The molecule has 2 aliphatic rings. The Labute approximate surface area is 96.7 Å². The first kappa shape index (κ1) is 11.3. The van der Waals surface area contributed by atoms with E-state index < -0.39 is 0 Å². The Morgan fingerprint density at radius 2 is 2.27 bits per heavy atom. The van der Waals surface area contributed by atoms with Gasteiger partial charge in [-0.25, -0.2) is 0 Å². The third kappa shape index (κ3) is 3.68. The molecule has 0 saturated carbocycles. The summed E-state index contributed by atoms with van der Waals surface area (Å²) in [5.41, 5.74) is 0. The molecule has 3 nitrogen and oxygen atoms in total. The van der Waals surface area contributed by atoms with Gasteiger partial charge in [-0.3, -0.25) is 4.99 Å². The highest BCUT2D eigenvalue weighted by Crippen LogP contribution is 2.19. The van der Waals surface area contributed by atoms with E-state index in [1.807, 2.05) is 11.8 Å². The summed E-state index contributed by atoms with van der Waals surface area (Å²) >= 11 is 1.86. The number of piperidine rings is 1. The lowest BCUT2D eigenvalue weighted by atomic mass is 9.94. The third-order valence-corrected chi connectivity index (χ3v) is 4.19. The van der Waals surface area contributed by atoms with E-state index in [-0.39, 0.29) is 0 Å². The summed E-state index contributed by atoms with van der Waals surface area (Å²) in [5.74, 6) is 2.09. The average molecular weight is 227 g/mol. The van der Waals surface area contributed by atoms with Gasteiger partial charge in [0.1, 0.15) is 0 Å². The van der Waals surface area contributed by atoms with Crippen LogP contribution in [0.5, 0.6) is 0 Å². The standard InChI is InChI=1S/C11H21N3S/c1-14-7-3-10(4-8-14)2-5-12-11-13-6-9-15-11/h10H,2-9H2,1H3,(H,12,13). The summed E-state index contributed by atoms with van der Waals surface area (Å²) in [7, 11) is 2.22. The lowest BCUT2D eigenvalue weighted by molar-refractivity contribution is 0.213. The number of nitrogens with zero attached hydrogens (tertiary/aromatic N) is 2. The van der Waals surface area contributed by atoms with Gasteiger partial charge in [0.05, 0.1) is 6.54 Å². The molecule has 1 saturated heterocycles. The first-order valence-corrected chi connectivity index (χ1v) is 6.93. The molecule has 2 heterocycles. The highest BCUT2D eigenvalue weighted by molar-refractivity contribution is 8.14. The van der Waals surface area contributed by atoms with Crippen LogP contribution < -0.4 is 5.32 Å². The fraction of sp³-hybridized carbons (Fsp3) is 0.909. The van der Waals surface area contributed by atoms with Crippen LogP contribution in [0.25, 0.3) is 0 Å². The molecule has 0 spiro atoms. The molecule has 2 rings (SSSR count). The molecule has 0 amide bonds. The Morgan fingerprint density at radius 3 is 2.93 bits per heavy atom. The summed E-state index contributed by atoms with van der Waals surface area (Å²) in [5, 5.41) is 4.61. The molecule has 0 radical (unpaired) electrons. The van der Waals surface area contributed by atoms with Crippen LogP contribution in [0.3, 0.4) is 0 Å². The molecule has 0 aromatic carbocycles. The van der Waals surface area contributed by atoms with Crippen molar-refractivity contribution >= 4 is 16.9 Å². The summed E-state index contributed by atoms with van der Waals surface area (Å²) in [6.07, 6.45) is 4.06. The van der Waals surface area contributed by atoms with E-state index in [2.05, 4.69) is 22.3 Å². The second kappa shape index (κ2) is 5.75. The highest BCUT2D eigenvalue weighted by Gasteiger charge is 2.16. The van der Waals surface area contributed by atoms with Crippen LogP contribution >= 0.6 is 11.8 Å². The van der Waals surface area contributed by atoms with Gasteiger partial charge in [-0.15, -0.1) is 0 Å². The van der Waals surface area contributed by atoms with Crippen molar-refractivity contribution in [1.82, 2.24) is 10.2 Å². The number of likely N-dealkylation sites (tertiary alicyclic amines) is 1. The maximum atomic E-state index is 4.39. The average Bonchev–Trinajstić information content (AvgIpc) is 2.74. The van der Waals surface area contributed by atoms with Crippen LogP contribution in [0.4, 0.5) is 0 Å². The second-order valence-corrected chi connectivity index (χ2v) is 5.58. The van der Waals surface area contributed by atoms with Crippen molar-refractivity contribution in [2.24, 2.45) is 10.9 Å². The summed E-state index contributed by atoms with van der Waals surface area (Å²) in [4.78, 5) is 6.82. The van der Waals surface area contributed by atoms with E-state index in [0.29, 0.717) is 0 Å². The molecule has 4 heteroatoms. The van der Waals surface area contributed by atoms with E-state index in [9.17, 15) is 0 Å². The van der Waals surface area contributed by atoms with E-state index in [4.69, 9.17) is 0 Å². The molecule has 0 aromatic heterocycles. The molecule has 1 fully saturated rings. The van der Waals surface area contributed by atoms with Crippen LogP contribution in [0.1, 0.15) is 19.3 Å². The van der Waals surface area contributed by atoms with E-state index >= 15 is 0 Å². The molecule has 1 N–H and O–H groups in total. The van der Waals surface area contributed by atoms with Gasteiger partial charge in [0, 0.05) is 12.3 Å². The molecule has 0 unspecified atom stereocenters. The maximum Gasteiger partial charge on any atom is 0.156 e. The van der Waals surface area contributed by atoms with Gasteiger partial charge in [0.25, 0.3) is 0 Å². The van der Waals surface area contributed by atoms with Crippen molar-refractivity contribution in [2.45, 2.75) is 19.3 Å². The van der Waals surface area contributed by atoms with Crippen LogP contribution in [0.15, 0.2) is 4.99 Å². The lowest BCUT2D eigenvalue weighted by Crippen LogP contribution is -2.32. The van der Waals surface area contributed by atoms with Crippen LogP contribution in [0, 0.1) is 5.92 Å². The second-order valence-electron chi connectivity index (χ2n) is 4.50. The number of hydrogen-bond acceptors (Lipinski definition) is 4. The Hall–Kier alpha value is -0.220. The summed E-state index contributed by atoms with van der Waals surface area (Å²) in [6.45, 7) is 4.67. The van der Waals surface area contributed by atoms with Gasteiger partial charge in [-0.1, -0.05) is 11.8 Å². The number of nitrogens with one attached hydrogen (secondary N) is 1. The van der Waals surface area contributed by atoms with Gasteiger partial charge in [-0.2, -0.15) is 0 Å². The Bertz CT molecular complexity index is 222. The van der Waals surface area contributed by atoms with Gasteiger partial charge in [0.15, 0.2) is 5.17 Å². The zero-order valence-electron chi connectivity index (χ0n) is 9.54. The molecule has 0 atom stereocenters. The minimum Gasteiger partial charge on any atom is -0.365 e. The SMILES string of the molecule is CN1CCC(CCNC2=NCCS2)CC1. The van der Waals surface area contributed by atoms with Crippen LogP contribution in [0.2, 0.25) is 0 Å². The Morgan fingerprint density at radius 1 is 1.47 bits per heavy atom. The van der Waals surface area contributed by atoms with E-state index in [1.165, 1.54) is 37.5 Å². The topological polar surface area (TPSA) is 27.6 Å². The largest absolute Gasteiger partial charge is 0.365 e. The zero-order chi connectivity index (χ0) is 10.5. The molecule has 0 aromatic rings. The zero-order valence-corrected chi connectivity index (χ0v) is 10.4. The maximum absolute atomic E-state index is 4.39. The van der Waals surface area contributed by atoms with Crippen LogP contribution in [-0.2, 0) is 0 Å². The Kier molecular flexibility index (Phi) is 4.32. The van der Waals surface area contributed by atoms with Crippen molar-refractivity contribution in [3.8, 4) is 0 Å². The molecule has 0 bridgehead atoms. The van der Waals surface area contributed by atoms with E-state index in [1.54, 1.807) is 0 Å². The minimum absolute atomic E-state index is 0.931. The molecule has 86 valence electrons. The molecule has 0 aliphatic carbocycles. The fourth-order valence-corrected chi connectivity index (χ4v) is 2.94. The van der Waals surface area contributed by atoms with Crippen molar-refractivity contribution in [1.29, 1.82) is 0 Å². The predicted molar refractivity (Wildman–Crippen MR) is 67.6 cm³/mol. The van der Waals surface area contributed by atoms with Crippen molar-refractivity contribution in [2.75, 3.05) is 39.0 Å². The number of amidine groups is 1. The molecule has 15 heavy (non-hydrogen) atoms. The van der Waals surface area contributed by atoms with Gasteiger partial charge in [-0.05, 0) is 45.3 Å². The highest BCUT2D eigenvalue weighted by atomic mass is 32.2. The first-order chi connectivity index (χ1) is 7.34.